The lowest BCUT2D eigenvalue weighted by Crippen LogP contribution is -2.33. The fourth-order valence-electron chi connectivity index (χ4n) is 2.12. The van der Waals surface area contributed by atoms with Gasteiger partial charge < -0.3 is 10.0 Å². The largest absolute Gasteiger partial charge is 0.480 e. The number of nitroso groups, excluding NO2 is 1. The number of carboxylic acid groups (broad SMARTS) is 1. The Bertz CT molecular complexity index is 938. The highest BCUT2D eigenvalue weighted by Crippen LogP contribution is 2.45. The lowest BCUT2D eigenvalue weighted by atomic mass is 10.4. The molecule has 0 aliphatic carbocycles. The number of aldehydes is 1. The van der Waals surface area contributed by atoms with E-state index in [-0.39, 0.29) is 6.54 Å². The van der Waals surface area contributed by atoms with Crippen molar-refractivity contribution in [1.82, 2.24) is 0 Å². The molecule has 0 aliphatic heterocycles. The van der Waals surface area contributed by atoms with E-state index in [0.29, 0.717) is 9.88 Å². The first kappa shape index (κ1) is 15.7. The van der Waals surface area contributed by atoms with Gasteiger partial charge in [-0.1, -0.05) is 0 Å². The molecular formula is C13H8N2O5S3. The number of carbonyl (C=O) groups is 3. The zero-order chi connectivity index (χ0) is 16.6. The highest BCUT2D eigenvalue weighted by Gasteiger charge is 2.20. The van der Waals surface area contributed by atoms with Crippen molar-refractivity contribution < 1.29 is 19.5 Å². The van der Waals surface area contributed by atoms with E-state index < -0.39 is 18.4 Å². The first-order valence-electron chi connectivity index (χ1n) is 6.26. The molecule has 3 aromatic rings. The molecule has 118 valence electrons. The van der Waals surface area contributed by atoms with Crippen LogP contribution >= 0.6 is 34.0 Å². The quantitative estimate of drug-likeness (QED) is 0.529. The molecule has 0 bridgehead atoms. The molecule has 0 radical (unpaired) electrons. The lowest BCUT2D eigenvalue weighted by molar-refractivity contribution is -0.135. The van der Waals surface area contributed by atoms with Gasteiger partial charge in [0.1, 0.15) is 13.1 Å². The van der Waals surface area contributed by atoms with Gasteiger partial charge in [0.15, 0.2) is 6.29 Å². The maximum atomic E-state index is 11.2. The number of thiophene rings is 3. The third kappa shape index (κ3) is 3.00. The second-order valence-electron chi connectivity index (χ2n) is 4.57. The third-order valence-corrected chi connectivity index (χ3v) is 6.77. The van der Waals surface area contributed by atoms with Gasteiger partial charge >= 0.3 is 11.9 Å². The molecule has 23 heavy (non-hydrogen) atoms. The number of hydrogen-bond acceptors (Lipinski definition) is 8. The molecule has 0 saturated heterocycles. The van der Waals surface area contributed by atoms with E-state index in [0.717, 1.165) is 25.1 Å². The minimum Gasteiger partial charge on any atom is -0.480 e. The standard InChI is InChI=1S/C13H8N2O5S3/c16-5-6-1-7-12(21-6)13-8(22-7)2-10(23-13)15(4-11(18)19)3-9(17)14-20/h1-2,5H,3-4H2,(H,18,19). The minimum absolute atomic E-state index is 0.378. The van der Waals surface area contributed by atoms with Gasteiger partial charge in [0.25, 0.3) is 0 Å². The van der Waals surface area contributed by atoms with Crippen LogP contribution in [0.4, 0.5) is 5.00 Å². The van der Waals surface area contributed by atoms with Gasteiger partial charge in [0.2, 0.25) is 0 Å². The van der Waals surface area contributed by atoms with Gasteiger partial charge in [-0.05, 0) is 12.1 Å². The number of carbonyl (C=O) groups excluding carboxylic acids is 2. The van der Waals surface area contributed by atoms with Gasteiger partial charge in [-0.2, -0.15) is 0 Å². The SMILES string of the molecule is O=Cc1cc2sc3cc(N(CC(=O)O)CC(=O)N=O)sc3c2s1. The summed E-state index contributed by atoms with van der Waals surface area (Å²) in [6.07, 6.45) is 0.795. The van der Waals surface area contributed by atoms with Gasteiger partial charge in [-0.3, -0.25) is 14.4 Å². The van der Waals surface area contributed by atoms with E-state index in [1.807, 2.05) is 6.07 Å². The Morgan fingerprint density at radius 1 is 1.13 bits per heavy atom. The molecule has 0 aromatic carbocycles. The number of aliphatic carboxylic acids is 1. The van der Waals surface area contributed by atoms with Crippen LogP contribution in [0.25, 0.3) is 18.8 Å². The Morgan fingerprint density at radius 3 is 2.48 bits per heavy atom. The summed E-state index contributed by atoms with van der Waals surface area (Å²) in [7, 11) is 0. The maximum Gasteiger partial charge on any atom is 0.323 e. The first-order chi connectivity index (χ1) is 11.0. The summed E-state index contributed by atoms with van der Waals surface area (Å²) in [5, 5.41) is 11.9. The summed E-state index contributed by atoms with van der Waals surface area (Å²) in [5.41, 5.74) is 0. The summed E-state index contributed by atoms with van der Waals surface area (Å²) >= 11 is 4.20. The molecule has 10 heteroatoms. The molecule has 3 heterocycles. The molecule has 1 N–H and O–H groups in total. The second kappa shape index (κ2) is 6.14. The van der Waals surface area contributed by atoms with E-state index in [4.69, 9.17) is 5.11 Å². The Hall–Kier alpha value is -2.17. The van der Waals surface area contributed by atoms with Crippen LogP contribution in [0.1, 0.15) is 9.67 Å². The lowest BCUT2D eigenvalue weighted by Gasteiger charge is -2.17. The van der Waals surface area contributed by atoms with Crippen molar-refractivity contribution in [1.29, 1.82) is 0 Å². The van der Waals surface area contributed by atoms with Crippen LogP contribution in [-0.2, 0) is 9.59 Å². The molecule has 0 unspecified atom stereocenters. The van der Waals surface area contributed by atoms with E-state index in [1.54, 1.807) is 6.07 Å². The number of fused-ring (bicyclic) bond motifs is 3. The van der Waals surface area contributed by atoms with Crippen LogP contribution in [-0.4, -0.2) is 36.4 Å². The zero-order valence-electron chi connectivity index (χ0n) is 11.3. The molecule has 3 rings (SSSR count). The molecule has 0 aliphatic rings. The molecule has 1 amide bonds. The van der Waals surface area contributed by atoms with Crippen molar-refractivity contribution in [2.45, 2.75) is 0 Å². The number of nitrogens with zero attached hydrogens (tertiary/aromatic N) is 2. The minimum atomic E-state index is -1.11. The summed E-state index contributed by atoms with van der Waals surface area (Å²) in [6, 6.07) is 3.61. The van der Waals surface area contributed by atoms with E-state index >= 15 is 0 Å². The highest BCUT2D eigenvalue weighted by molar-refractivity contribution is 7.39. The smallest absolute Gasteiger partial charge is 0.323 e. The normalized spacial score (nSPS) is 11.0. The Morgan fingerprint density at radius 2 is 1.83 bits per heavy atom. The molecule has 0 atom stereocenters. The molecular weight excluding hydrogens is 360 g/mol. The van der Waals surface area contributed by atoms with Crippen LogP contribution in [0.5, 0.6) is 0 Å². The fourth-order valence-corrected chi connectivity index (χ4v) is 5.96. The molecule has 7 nitrogen and oxygen atoms in total. The summed E-state index contributed by atoms with van der Waals surface area (Å²) in [6.45, 7) is -0.779. The van der Waals surface area contributed by atoms with Crippen molar-refractivity contribution in [2.75, 3.05) is 18.0 Å². The zero-order valence-corrected chi connectivity index (χ0v) is 13.8. The van der Waals surface area contributed by atoms with Gasteiger partial charge in [-0.25, -0.2) is 0 Å². The van der Waals surface area contributed by atoms with Crippen LogP contribution in [0.2, 0.25) is 0 Å². The number of anilines is 1. The summed E-state index contributed by atoms with van der Waals surface area (Å²) < 4.78 is 3.87. The van der Waals surface area contributed by atoms with E-state index in [9.17, 15) is 19.3 Å². The second-order valence-corrected chi connectivity index (χ2v) is 7.77. The van der Waals surface area contributed by atoms with Gasteiger partial charge in [0.05, 0.1) is 19.3 Å². The van der Waals surface area contributed by atoms with Crippen LogP contribution in [0, 0.1) is 4.91 Å². The third-order valence-electron chi connectivity index (χ3n) is 3.01. The van der Waals surface area contributed by atoms with Gasteiger partial charge in [-0.15, -0.1) is 38.9 Å². The fraction of sp³-hybridized carbons (Fsp3) is 0.154. The van der Waals surface area contributed by atoms with Crippen molar-refractivity contribution in [2.24, 2.45) is 5.18 Å². The number of amides is 1. The monoisotopic (exact) mass is 368 g/mol. The molecule has 0 spiro atoms. The Balaban J connectivity index is 2.02. The van der Waals surface area contributed by atoms with Crippen molar-refractivity contribution in [3.8, 4) is 0 Å². The van der Waals surface area contributed by atoms with Gasteiger partial charge in [0, 0.05) is 14.6 Å². The molecule has 3 aromatic heterocycles. The average Bonchev–Trinajstić information content (AvgIpc) is 3.15. The first-order valence-corrected chi connectivity index (χ1v) is 8.70. The van der Waals surface area contributed by atoms with Crippen molar-refractivity contribution >= 4 is 76.0 Å². The number of hydrogen-bond donors (Lipinski definition) is 1. The highest BCUT2D eigenvalue weighted by atomic mass is 32.1. The average molecular weight is 368 g/mol. The van der Waals surface area contributed by atoms with Crippen LogP contribution in [0.3, 0.4) is 0 Å². The number of carboxylic acids is 1. The van der Waals surface area contributed by atoms with E-state index in [1.165, 1.54) is 38.9 Å². The Kier molecular flexibility index (Phi) is 4.20. The van der Waals surface area contributed by atoms with Crippen molar-refractivity contribution in [3.63, 3.8) is 0 Å². The predicted octanol–water partition coefficient (Wildman–Crippen LogP) is 3.17. The predicted molar refractivity (Wildman–Crippen MR) is 91.1 cm³/mol. The summed E-state index contributed by atoms with van der Waals surface area (Å²) in [5.74, 6) is -2.03. The van der Waals surface area contributed by atoms with Crippen LogP contribution in [0.15, 0.2) is 17.3 Å². The van der Waals surface area contributed by atoms with E-state index in [2.05, 4.69) is 5.18 Å². The Labute approximate surface area is 140 Å². The van der Waals surface area contributed by atoms with Crippen LogP contribution < -0.4 is 4.90 Å². The maximum absolute atomic E-state index is 11.2. The topological polar surface area (TPSA) is 104 Å². The number of rotatable bonds is 6. The van der Waals surface area contributed by atoms with Crippen molar-refractivity contribution in [3.05, 3.63) is 21.9 Å². The summed E-state index contributed by atoms with van der Waals surface area (Å²) in [4.78, 5) is 45.3. The molecule has 0 fully saturated rings. The molecule has 0 saturated carbocycles.